The molecule has 2 N–H and O–H groups in total. The SMILES string of the molecule is CCCN(CCC)CCCCN(CCC(=O)OCOC(=O)OCC)Cc1ccc(CN(Cc2ncc[nH]2)C(C)c2ncc[nH]2)cc1. The van der Waals surface area contributed by atoms with Crippen LogP contribution in [-0.4, -0.2) is 92.9 Å². The molecule has 0 aliphatic heterocycles. The number of nitrogens with zero attached hydrogens (tertiary/aromatic N) is 5. The van der Waals surface area contributed by atoms with Crippen molar-refractivity contribution < 1.29 is 23.8 Å². The highest BCUT2D eigenvalue weighted by Crippen LogP contribution is 2.22. The van der Waals surface area contributed by atoms with Gasteiger partial charge in [0.25, 0.3) is 0 Å². The number of rotatable bonds is 23. The number of aromatic amines is 2. The summed E-state index contributed by atoms with van der Waals surface area (Å²) in [5, 5.41) is 0. The Morgan fingerprint density at radius 1 is 0.761 bits per heavy atom. The number of unbranched alkanes of at least 4 members (excludes halogenated alkanes) is 1. The second-order valence-corrected chi connectivity index (χ2v) is 11.4. The molecule has 0 aliphatic carbocycles. The Balaban J connectivity index is 1.59. The molecule has 46 heavy (non-hydrogen) atoms. The lowest BCUT2D eigenvalue weighted by Gasteiger charge is -2.27. The van der Waals surface area contributed by atoms with Gasteiger partial charge in [-0.3, -0.25) is 14.6 Å². The van der Waals surface area contributed by atoms with Crippen LogP contribution in [0.3, 0.4) is 0 Å². The van der Waals surface area contributed by atoms with Gasteiger partial charge in [0, 0.05) is 44.4 Å². The monoisotopic (exact) mass is 639 g/mol. The van der Waals surface area contributed by atoms with Gasteiger partial charge in [-0.15, -0.1) is 0 Å². The summed E-state index contributed by atoms with van der Waals surface area (Å²) in [6.45, 7) is 14.9. The first kappa shape index (κ1) is 36.7. The van der Waals surface area contributed by atoms with Gasteiger partial charge in [0.2, 0.25) is 6.79 Å². The van der Waals surface area contributed by atoms with E-state index in [0.29, 0.717) is 13.1 Å². The fourth-order valence-corrected chi connectivity index (χ4v) is 5.36. The van der Waals surface area contributed by atoms with Crippen LogP contribution in [0.1, 0.15) is 88.6 Å². The maximum absolute atomic E-state index is 12.4. The molecule has 3 aromatic rings. The van der Waals surface area contributed by atoms with Gasteiger partial charge in [0.15, 0.2) is 0 Å². The van der Waals surface area contributed by atoms with Crippen molar-refractivity contribution >= 4 is 12.1 Å². The summed E-state index contributed by atoms with van der Waals surface area (Å²) in [6.07, 6.45) is 11.1. The summed E-state index contributed by atoms with van der Waals surface area (Å²) >= 11 is 0. The van der Waals surface area contributed by atoms with Crippen LogP contribution in [0.25, 0.3) is 0 Å². The Labute approximate surface area is 273 Å². The van der Waals surface area contributed by atoms with Gasteiger partial charge in [-0.25, -0.2) is 14.8 Å². The largest absolute Gasteiger partial charge is 0.511 e. The highest BCUT2D eigenvalue weighted by atomic mass is 16.8. The van der Waals surface area contributed by atoms with E-state index >= 15 is 0 Å². The normalized spacial score (nSPS) is 12.2. The number of carbonyl (C=O) groups excluding carboxylic acids is 2. The first-order chi connectivity index (χ1) is 22.4. The molecule has 0 radical (unpaired) electrons. The molecule has 0 spiro atoms. The standard InChI is InChI=1S/C34H53N7O5/c1-5-19-39(20-6-2)21-8-9-22-40(23-14-32(42)45-27-46-34(43)44-7-3)24-29-10-12-30(13-11-29)25-41(26-31-35-15-16-36-31)28(4)33-37-17-18-38-33/h10-13,15-18,28H,5-9,14,19-27H2,1-4H3,(H,35,36)(H,37,38). The average molecular weight is 640 g/mol. The molecule has 0 saturated carbocycles. The van der Waals surface area contributed by atoms with Gasteiger partial charge in [-0.2, -0.15) is 0 Å². The van der Waals surface area contributed by atoms with E-state index in [-0.39, 0.29) is 19.1 Å². The molecule has 1 aromatic carbocycles. The van der Waals surface area contributed by atoms with Crippen LogP contribution in [0.4, 0.5) is 4.79 Å². The molecular weight excluding hydrogens is 586 g/mol. The lowest BCUT2D eigenvalue weighted by Crippen LogP contribution is -2.30. The molecule has 0 bridgehead atoms. The Morgan fingerprint density at radius 2 is 1.41 bits per heavy atom. The predicted molar refractivity (Wildman–Crippen MR) is 176 cm³/mol. The van der Waals surface area contributed by atoms with Crippen LogP contribution in [0.2, 0.25) is 0 Å². The lowest BCUT2D eigenvalue weighted by atomic mass is 10.1. The number of nitrogens with one attached hydrogen (secondary N) is 2. The third-order valence-corrected chi connectivity index (χ3v) is 7.75. The maximum atomic E-state index is 12.4. The van der Waals surface area contributed by atoms with Crippen LogP contribution in [0.5, 0.6) is 0 Å². The Kier molecular flexibility index (Phi) is 16.9. The smallest absolute Gasteiger partial charge is 0.435 e. The van der Waals surface area contributed by atoms with Gasteiger partial charge < -0.3 is 29.1 Å². The number of carbonyl (C=O) groups is 2. The molecule has 0 fully saturated rings. The highest BCUT2D eigenvalue weighted by molar-refractivity contribution is 5.69. The second kappa shape index (κ2) is 21.1. The minimum absolute atomic E-state index is 0.0725. The summed E-state index contributed by atoms with van der Waals surface area (Å²) in [6, 6.07) is 8.75. The lowest BCUT2D eigenvalue weighted by molar-refractivity contribution is -0.153. The summed E-state index contributed by atoms with van der Waals surface area (Å²) < 4.78 is 14.6. The van der Waals surface area contributed by atoms with Gasteiger partial charge in [-0.05, 0) is 76.8 Å². The van der Waals surface area contributed by atoms with E-state index in [0.717, 1.165) is 76.6 Å². The quantitative estimate of drug-likeness (QED) is 0.0761. The summed E-state index contributed by atoms with van der Waals surface area (Å²) in [5.41, 5.74) is 2.37. The molecule has 2 aromatic heterocycles. The van der Waals surface area contributed by atoms with Crippen molar-refractivity contribution in [2.24, 2.45) is 0 Å². The number of esters is 1. The van der Waals surface area contributed by atoms with Crippen LogP contribution in [-0.2, 0) is 38.6 Å². The zero-order chi connectivity index (χ0) is 33.0. The average Bonchev–Trinajstić information content (AvgIpc) is 3.78. The Morgan fingerprint density at radius 3 is 2.02 bits per heavy atom. The van der Waals surface area contributed by atoms with Crippen molar-refractivity contribution in [3.05, 3.63) is 71.8 Å². The highest BCUT2D eigenvalue weighted by Gasteiger charge is 2.20. The minimum Gasteiger partial charge on any atom is -0.435 e. The van der Waals surface area contributed by atoms with E-state index < -0.39 is 18.9 Å². The zero-order valence-corrected chi connectivity index (χ0v) is 28.1. The summed E-state index contributed by atoms with van der Waals surface area (Å²) in [5.74, 6) is 1.41. The van der Waals surface area contributed by atoms with Crippen molar-refractivity contribution in [3.63, 3.8) is 0 Å². The van der Waals surface area contributed by atoms with Crippen molar-refractivity contribution in [2.45, 2.75) is 85.5 Å². The van der Waals surface area contributed by atoms with Gasteiger partial charge >= 0.3 is 12.1 Å². The van der Waals surface area contributed by atoms with Crippen molar-refractivity contribution in [3.8, 4) is 0 Å². The number of ether oxygens (including phenoxy) is 3. The first-order valence-electron chi connectivity index (χ1n) is 16.6. The number of aromatic nitrogens is 4. The van der Waals surface area contributed by atoms with Crippen molar-refractivity contribution in [1.82, 2.24) is 34.6 Å². The van der Waals surface area contributed by atoms with E-state index in [4.69, 9.17) is 14.2 Å². The number of hydrogen-bond donors (Lipinski definition) is 2. The van der Waals surface area contributed by atoms with Crippen molar-refractivity contribution in [1.29, 1.82) is 0 Å². The summed E-state index contributed by atoms with van der Waals surface area (Å²) in [4.78, 5) is 46.3. The van der Waals surface area contributed by atoms with Gasteiger partial charge in [-0.1, -0.05) is 38.1 Å². The third kappa shape index (κ3) is 13.7. The molecule has 1 atom stereocenters. The molecule has 0 aliphatic rings. The van der Waals surface area contributed by atoms with E-state index in [9.17, 15) is 9.59 Å². The fraction of sp³-hybridized carbons (Fsp3) is 0.588. The first-order valence-corrected chi connectivity index (χ1v) is 16.6. The molecule has 12 heteroatoms. The molecule has 12 nitrogen and oxygen atoms in total. The van der Waals surface area contributed by atoms with E-state index in [1.165, 1.54) is 11.1 Å². The molecule has 0 amide bonds. The van der Waals surface area contributed by atoms with E-state index in [1.807, 2.05) is 12.4 Å². The van der Waals surface area contributed by atoms with E-state index in [1.54, 1.807) is 19.3 Å². The molecule has 254 valence electrons. The second-order valence-electron chi connectivity index (χ2n) is 11.4. The van der Waals surface area contributed by atoms with Crippen LogP contribution in [0, 0.1) is 0 Å². The molecular formula is C34H53N7O5. The maximum Gasteiger partial charge on any atom is 0.511 e. The molecule has 0 saturated heterocycles. The number of hydrogen-bond acceptors (Lipinski definition) is 10. The topological polar surface area (TPSA) is 129 Å². The third-order valence-electron chi connectivity index (χ3n) is 7.75. The Bertz CT molecular complexity index is 1220. The summed E-state index contributed by atoms with van der Waals surface area (Å²) in [7, 11) is 0. The van der Waals surface area contributed by atoms with Crippen molar-refractivity contribution in [2.75, 3.05) is 46.1 Å². The van der Waals surface area contributed by atoms with Crippen LogP contribution >= 0.6 is 0 Å². The zero-order valence-electron chi connectivity index (χ0n) is 28.1. The van der Waals surface area contributed by atoms with Gasteiger partial charge in [0.05, 0.1) is 25.6 Å². The predicted octanol–water partition coefficient (Wildman–Crippen LogP) is 5.66. The fourth-order valence-electron chi connectivity index (χ4n) is 5.36. The number of imidazole rings is 2. The minimum atomic E-state index is -0.847. The Hall–Kier alpha value is -3.74. The van der Waals surface area contributed by atoms with E-state index in [2.05, 4.69) is 79.7 Å². The number of H-pyrrole nitrogens is 2. The molecule has 3 rings (SSSR count). The van der Waals surface area contributed by atoms with Gasteiger partial charge in [0.1, 0.15) is 11.6 Å². The number of benzene rings is 1. The van der Waals surface area contributed by atoms with Crippen LogP contribution in [0.15, 0.2) is 49.1 Å². The molecule has 1 unspecified atom stereocenters. The molecule has 2 heterocycles. The van der Waals surface area contributed by atoms with Crippen LogP contribution < -0.4 is 0 Å².